The molecule has 0 bridgehead atoms. The number of allylic oxidation sites excluding steroid dienone is 4. The highest BCUT2D eigenvalue weighted by Gasteiger charge is 2.44. The van der Waals surface area contributed by atoms with Gasteiger partial charge in [-0.2, -0.15) is 13.2 Å². The highest BCUT2D eigenvalue weighted by Crippen LogP contribution is 2.41. The lowest BCUT2D eigenvalue weighted by Crippen LogP contribution is -2.39. The molecule has 1 aliphatic heterocycles. The van der Waals surface area contributed by atoms with E-state index in [-0.39, 0.29) is 5.03 Å². The van der Waals surface area contributed by atoms with Crippen LogP contribution in [-0.4, -0.2) is 30.1 Å². The van der Waals surface area contributed by atoms with Crippen LogP contribution in [0.3, 0.4) is 0 Å². The zero-order valence-electron chi connectivity index (χ0n) is 11.4. The van der Waals surface area contributed by atoms with Gasteiger partial charge in [0.05, 0.1) is 16.0 Å². The maximum absolute atomic E-state index is 13.8. The Morgan fingerprint density at radius 3 is 2.52 bits per heavy atom. The summed E-state index contributed by atoms with van der Waals surface area (Å²) in [5.74, 6) is -2.15. The van der Waals surface area contributed by atoms with Crippen LogP contribution in [0.2, 0.25) is 0 Å². The summed E-state index contributed by atoms with van der Waals surface area (Å²) in [4.78, 5) is 0. The molecule has 0 spiro atoms. The normalized spacial score (nSPS) is 28.9. The number of hydrogen-bond donors (Lipinski definition) is 1. The maximum atomic E-state index is 13.8. The van der Waals surface area contributed by atoms with Crippen LogP contribution in [0.1, 0.15) is 0 Å². The third-order valence-corrected chi connectivity index (χ3v) is 4.48. The quantitative estimate of drug-likeness (QED) is 0.544. The summed E-state index contributed by atoms with van der Waals surface area (Å²) < 4.78 is 70.7. The summed E-state index contributed by atoms with van der Waals surface area (Å²) in [7, 11) is 0. The van der Waals surface area contributed by atoms with E-state index in [1.807, 2.05) is 0 Å². The molecule has 0 aromatic carbocycles. The smallest absolute Gasteiger partial charge is 0.349 e. The van der Waals surface area contributed by atoms with Crippen LogP contribution in [0, 0.1) is 0 Å². The van der Waals surface area contributed by atoms with Gasteiger partial charge in [-0.25, -0.2) is 8.78 Å². The van der Waals surface area contributed by atoms with Gasteiger partial charge in [-0.15, -0.1) is 23.4 Å². The van der Waals surface area contributed by atoms with Gasteiger partial charge in [0.25, 0.3) is 0 Å². The van der Waals surface area contributed by atoms with Gasteiger partial charge in [-0.1, -0.05) is 11.6 Å². The molecule has 0 aromatic rings. The van der Waals surface area contributed by atoms with Crippen molar-refractivity contribution in [2.45, 2.75) is 23.9 Å². The van der Waals surface area contributed by atoms with E-state index in [4.69, 9.17) is 27.9 Å². The SMILES string of the molecule is CSC1=C(F)C=CC(OC2C(Cl)=C(F)C(C(F)(F)F)=CC2Cl)N1. The molecule has 0 saturated carbocycles. The molecular weight excluding hydrogens is 384 g/mol. The standard InChI is InChI=1S/C13H10Cl2F5NOS/c1-23-12-7(16)2-3-8(21-12)22-11-6(14)4-5(13(18,19)20)10(17)9(11)15/h2-4,6,8,11,21H,1H3. The van der Waals surface area contributed by atoms with E-state index in [9.17, 15) is 22.0 Å². The van der Waals surface area contributed by atoms with Crippen LogP contribution < -0.4 is 5.32 Å². The van der Waals surface area contributed by atoms with Gasteiger partial charge in [-0.3, -0.25) is 0 Å². The molecule has 23 heavy (non-hydrogen) atoms. The number of rotatable bonds is 3. The molecule has 0 fully saturated rings. The molecule has 2 aliphatic rings. The molecule has 0 radical (unpaired) electrons. The summed E-state index contributed by atoms with van der Waals surface area (Å²) in [6.07, 6.45) is -2.63. The number of hydrogen-bond acceptors (Lipinski definition) is 3. The van der Waals surface area contributed by atoms with Gasteiger partial charge >= 0.3 is 6.18 Å². The Hall–Kier alpha value is -0.700. The first-order chi connectivity index (χ1) is 10.6. The van der Waals surface area contributed by atoms with Crippen molar-refractivity contribution >= 4 is 35.0 Å². The first-order valence-electron chi connectivity index (χ1n) is 6.17. The van der Waals surface area contributed by atoms with Crippen LogP contribution in [-0.2, 0) is 4.74 Å². The average molecular weight is 394 g/mol. The number of nitrogens with one attached hydrogen (secondary N) is 1. The van der Waals surface area contributed by atoms with Gasteiger partial charge in [0, 0.05) is 0 Å². The molecule has 10 heteroatoms. The number of alkyl halides is 4. The Morgan fingerprint density at radius 1 is 1.30 bits per heavy atom. The van der Waals surface area contributed by atoms with Crippen molar-refractivity contribution in [3.8, 4) is 0 Å². The molecule has 1 N–H and O–H groups in total. The van der Waals surface area contributed by atoms with E-state index in [1.165, 1.54) is 6.08 Å². The van der Waals surface area contributed by atoms with E-state index in [0.29, 0.717) is 6.08 Å². The van der Waals surface area contributed by atoms with E-state index in [2.05, 4.69) is 5.32 Å². The number of ether oxygens (including phenoxy) is 1. The summed E-state index contributed by atoms with van der Waals surface area (Å²) in [5.41, 5.74) is -1.54. The summed E-state index contributed by atoms with van der Waals surface area (Å²) in [6.45, 7) is 0. The van der Waals surface area contributed by atoms with E-state index in [1.54, 1.807) is 6.26 Å². The van der Waals surface area contributed by atoms with Crippen LogP contribution in [0.5, 0.6) is 0 Å². The van der Waals surface area contributed by atoms with E-state index < -0.39 is 46.1 Å². The lowest BCUT2D eigenvalue weighted by Gasteiger charge is -2.31. The van der Waals surface area contributed by atoms with Gasteiger partial charge < -0.3 is 10.1 Å². The average Bonchev–Trinajstić information content (AvgIpc) is 2.47. The summed E-state index contributed by atoms with van der Waals surface area (Å²) in [6, 6.07) is 0. The molecule has 1 heterocycles. The predicted octanol–water partition coefficient (Wildman–Crippen LogP) is 4.89. The molecule has 128 valence electrons. The third-order valence-electron chi connectivity index (χ3n) is 3.02. The van der Waals surface area contributed by atoms with Crippen LogP contribution >= 0.6 is 35.0 Å². The Balaban J connectivity index is 2.18. The lowest BCUT2D eigenvalue weighted by atomic mass is 10.0. The Morgan fingerprint density at radius 2 is 1.96 bits per heavy atom. The van der Waals surface area contributed by atoms with Gasteiger partial charge in [0.2, 0.25) is 0 Å². The van der Waals surface area contributed by atoms with Crippen molar-refractivity contribution in [3.63, 3.8) is 0 Å². The molecule has 2 nitrogen and oxygen atoms in total. The number of thioether (sulfide) groups is 1. The minimum absolute atomic E-state index is 0.173. The van der Waals surface area contributed by atoms with Crippen LogP contribution in [0.25, 0.3) is 0 Å². The highest BCUT2D eigenvalue weighted by atomic mass is 35.5. The second kappa shape index (κ2) is 7.04. The van der Waals surface area contributed by atoms with Crippen molar-refractivity contribution < 1.29 is 26.7 Å². The van der Waals surface area contributed by atoms with Crippen molar-refractivity contribution in [2.75, 3.05) is 6.26 Å². The Labute approximate surface area is 143 Å². The van der Waals surface area contributed by atoms with Crippen LogP contribution in [0.15, 0.2) is 45.5 Å². The minimum atomic E-state index is -4.91. The molecule has 2 rings (SSSR count). The number of dihydropyridines is 1. The molecule has 3 unspecified atom stereocenters. The zero-order valence-corrected chi connectivity index (χ0v) is 13.8. The third kappa shape index (κ3) is 4.04. The number of halogens is 7. The van der Waals surface area contributed by atoms with Crippen molar-refractivity contribution in [1.29, 1.82) is 0 Å². The predicted molar refractivity (Wildman–Crippen MR) is 80.4 cm³/mol. The summed E-state index contributed by atoms with van der Waals surface area (Å²) in [5, 5.41) is 0.711. The highest BCUT2D eigenvalue weighted by molar-refractivity contribution is 8.02. The largest absolute Gasteiger partial charge is 0.419 e. The molecule has 0 aromatic heterocycles. The van der Waals surface area contributed by atoms with Gasteiger partial charge in [0.1, 0.15) is 17.4 Å². The molecule has 1 aliphatic carbocycles. The zero-order chi connectivity index (χ0) is 17.4. The van der Waals surface area contributed by atoms with Crippen molar-refractivity contribution in [1.82, 2.24) is 5.32 Å². The topological polar surface area (TPSA) is 21.3 Å². The fourth-order valence-electron chi connectivity index (χ4n) is 1.95. The Kier molecular flexibility index (Phi) is 5.71. The van der Waals surface area contributed by atoms with Gasteiger partial charge in [-0.05, 0) is 24.5 Å². The van der Waals surface area contributed by atoms with Crippen molar-refractivity contribution in [2.24, 2.45) is 0 Å². The molecule has 3 atom stereocenters. The minimum Gasteiger partial charge on any atom is -0.349 e. The summed E-state index contributed by atoms with van der Waals surface area (Å²) >= 11 is 12.6. The first kappa shape index (κ1) is 18.6. The Bertz CT molecular complexity index is 614. The molecular formula is C13H10Cl2F5NOS. The van der Waals surface area contributed by atoms with E-state index in [0.717, 1.165) is 17.8 Å². The molecule has 0 saturated heterocycles. The second-order valence-corrected chi connectivity index (χ2v) is 6.27. The monoisotopic (exact) mass is 393 g/mol. The molecule has 0 amide bonds. The van der Waals surface area contributed by atoms with Crippen LogP contribution in [0.4, 0.5) is 22.0 Å². The van der Waals surface area contributed by atoms with Crippen molar-refractivity contribution in [3.05, 3.63) is 45.5 Å². The second-order valence-electron chi connectivity index (χ2n) is 4.55. The fraction of sp³-hybridized carbons (Fsp3) is 0.385. The van der Waals surface area contributed by atoms with E-state index >= 15 is 0 Å². The maximum Gasteiger partial charge on any atom is 0.419 e. The fourth-order valence-corrected chi connectivity index (χ4v) is 3.12. The first-order valence-corrected chi connectivity index (χ1v) is 8.21. The van der Waals surface area contributed by atoms with Gasteiger partial charge in [0.15, 0.2) is 11.7 Å². The lowest BCUT2D eigenvalue weighted by molar-refractivity contribution is -0.0924.